The Balaban J connectivity index is -0.000000102. The van der Waals surface area contributed by atoms with Crippen molar-refractivity contribution in [3.05, 3.63) is 35.4 Å². The molecule has 0 bridgehead atoms. The molecule has 0 aromatic heterocycles. The number of aliphatic carboxylic acids is 1. The molecule has 1 heterocycles. The summed E-state index contributed by atoms with van der Waals surface area (Å²) in [5.74, 6) is 0.647. The topological polar surface area (TPSA) is 185 Å². The molecule has 5 atom stereocenters. The fourth-order valence-electron chi connectivity index (χ4n) is 2.97. The van der Waals surface area contributed by atoms with E-state index in [4.69, 9.17) is 26.4 Å². The van der Waals surface area contributed by atoms with Crippen molar-refractivity contribution in [2.45, 2.75) is 122 Å². The van der Waals surface area contributed by atoms with Crippen molar-refractivity contribution in [1.82, 2.24) is 10.2 Å². The van der Waals surface area contributed by atoms with Gasteiger partial charge in [0.15, 0.2) is 0 Å². The molecule has 0 fully saturated rings. The number of carboxylic acid groups (broad SMARTS) is 1. The van der Waals surface area contributed by atoms with Crippen LogP contribution in [0.25, 0.3) is 0 Å². The average molecular weight is 734 g/mol. The van der Waals surface area contributed by atoms with Gasteiger partial charge in [0, 0.05) is 28.1 Å². The summed E-state index contributed by atoms with van der Waals surface area (Å²) in [6.07, 6.45) is 3.59. The summed E-state index contributed by atoms with van der Waals surface area (Å²) in [7, 11) is 0. The normalized spacial score (nSPS) is 13.9. The standard InChI is InChI=1S/C13H15NO2.C9H20N2O2.C5H13N.C5H10O2.C5H12O.CH4.B.Na.H/c1-3-9(2)8-14-12(15)10-6-4-5-7-11(10)13(14)16;1-7(5-10)6-11-8(12)13-9(2,3)4;1-3-5(2)4-6;1-3-4(2)5(6)7;1-3-5(2)4-6;;;;/h4-7,9H,3,8H2,1-2H3;7H,5-6,10H2,1-4H3,(H,11,12);5H,3-4,6H2,1-2H3;4H,3H2,1-2H3,(H,6,7);5-6H,3-4H2,1-2H3;1H4;;;/q;;;;;;;+1;-1/t9-;7-;5-;4-;5-;;;;/m01000..../s1. The number of rotatable bonds is 12. The fraction of sp³-hybridized carbons (Fsp3) is 0.737. The predicted molar refractivity (Wildman–Crippen MR) is 209 cm³/mol. The third-order valence-corrected chi connectivity index (χ3v) is 7.61. The molecule has 7 N–H and O–H groups in total. The van der Waals surface area contributed by atoms with Crippen molar-refractivity contribution < 1.29 is 65.1 Å². The minimum absolute atomic E-state index is 0. The molecule has 0 aliphatic carbocycles. The van der Waals surface area contributed by atoms with Gasteiger partial charge in [-0.05, 0) is 76.1 Å². The second kappa shape index (κ2) is 35.1. The Kier molecular flexibility index (Phi) is 42.0. The van der Waals surface area contributed by atoms with E-state index in [1.165, 1.54) is 11.3 Å². The van der Waals surface area contributed by atoms with Crippen molar-refractivity contribution in [3.63, 3.8) is 0 Å². The maximum Gasteiger partial charge on any atom is 1.00 e. The number of carbonyl (C=O) groups excluding carboxylic acids is 3. The third-order valence-electron chi connectivity index (χ3n) is 7.61. The van der Waals surface area contributed by atoms with E-state index in [1.54, 1.807) is 31.2 Å². The van der Waals surface area contributed by atoms with Gasteiger partial charge in [-0.25, -0.2) is 4.79 Å². The number of amides is 3. The first-order chi connectivity index (χ1) is 22.3. The summed E-state index contributed by atoms with van der Waals surface area (Å²) in [6.45, 7) is 26.3. The van der Waals surface area contributed by atoms with Crippen molar-refractivity contribution in [2.24, 2.45) is 41.1 Å². The first-order valence-corrected chi connectivity index (χ1v) is 17.5. The summed E-state index contributed by atoms with van der Waals surface area (Å²) in [5, 5.41) is 19.2. The Morgan fingerprint density at radius 3 is 1.47 bits per heavy atom. The minimum atomic E-state index is -0.706. The molecule has 0 saturated heterocycles. The fourth-order valence-corrected chi connectivity index (χ4v) is 2.97. The van der Waals surface area contributed by atoms with E-state index in [0.717, 1.165) is 25.8 Å². The summed E-state index contributed by atoms with van der Waals surface area (Å²) in [4.78, 5) is 46.3. The molecule has 11 nitrogen and oxygen atoms in total. The molecule has 0 saturated carbocycles. The van der Waals surface area contributed by atoms with Gasteiger partial charge in [0.25, 0.3) is 11.8 Å². The van der Waals surface area contributed by atoms with Crippen molar-refractivity contribution in [3.8, 4) is 0 Å². The molecular formula is C38H75BN4NaO7. The van der Waals surface area contributed by atoms with E-state index in [1.807, 2.05) is 48.5 Å². The Morgan fingerprint density at radius 2 is 1.24 bits per heavy atom. The van der Waals surface area contributed by atoms with Gasteiger partial charge in [-0.1, -0.05) is 101 Å². The van der Waals surface area contributed by atoms with Crippen LogP contribution in [-0.2, 0) is 9.53 Å². The SMILES string of the molecule is C.CC[C@H](C)C(=O)O.CC[C@H](C)CN.CC[C@H](C)CN1C(=O)c2ccccc2C1=O.CC[C@H](C)CO.C[C@H](CN)CNC(=O)OC(C)(C)C.[B].[H-].[Na+]. The number of alkyl carbamates (subject to hydrolysis) is 1. The molecule has 2 rings (SSSR count). The van der Waals surface area contributed by atoms with Crippen LogP contribution in [0.3, 0.4) is 0 Å². The van der Waals surface area contributed by atoms with Gasteiger partial charge in [0.2, 0.25) is 0 Å². The zero-order chi connectivity index (χ0) is 38.0. The Morgan fingerprint density at radius 1 is 0.824 bits per heavy atom. The number of fused-ring (bicyclic) bond motifs is 1. The molecule has 3 radical (unpaired) electrons. The number of nitrogens with one attached hydrogen (secondary N) is 1. The van der Waals surface area contributed by atoms with Gasteiger partial charge in [-0.15, -0.1) is 0 Å². The van der Waals surface area contributed by atoms with Gasteiger partial charge in [0.1, 0.15) is 5.60 Å². The monoisotopic (exact) mass is 734 g/mol. The van der Waals surface area contributed by atoms with Crippen molar-refractivity contribution in [2.75, 3.05) is 32.8 Å². The molecule has 13 heteroatoms. The van der Waals surface area contributed by atoms with Crippen LogP contribution in [0, 0.1) is 29.6 Å². The third kappa shape index (κ3) is 31.3. The molecule has 293 valence electrons. The maximum absolute atomic E-state index is 12.0. The number of hydrogen-bond donors (Lipinski definition) is 5. The second-order valence-corrected chi connectivity index (χ2v) is 13.6. The minimum Gasteiger partial charge on any atom is -1.00 e. The molecule has 1 aromatic rings. The van der Waals surface area contributed by atoms with Crippen molar-refractivity contribution >= 4 is 32.3 Å². The number of hydrogen-bond acceptors (Lipinski definition) is 8. The second-order valence-electron chi connectivity index (χ2n) is 13.6. The van der Waals surface area contributed by atoms with Crippen LogP contribution in [0.4, 0.5) is 4.79 Å². The Bertz CT molecular complexity index is 998. The van der Waals surface area contributed by atoms with E-state index in [9.17, 15) is 19.2 Å². The molecule has 0 unspecified atom stereocenters. The van der Waals surface area contributed by atoms with E-state index >= 15 is 0 Å². The number of nitrogens with two attached hydrogens (primary N) is 2. The number of carbonyl (C=O) groups is 4. The van der Waals surface area contributed by atoms with Crippen LogP contribution >= 0.6 is 0 Å². The first kappa shape index (κ1) is 61.1. The smallest absolute Gasteiger partial charge is 1.00 e. The quantitative estimate of drug-likeness (QED) is 0.157. The molecule has 51 heavy (non-hydrogen) atoms. The number of imide groups is 1. The number of nitrogens with zero attached hydrogens (tertiary/aromatic N) is 1. The summed E-state index contributed by atoms with van der Waals surface area (Å²) in [6, 6.07) is 7.01. The zero-order valence-electron chi connectivity index (χ0n) is 34.7. The molecule has 3 amide bonds. The van der Waals surface area contributed by atoms with E-state index in [2.05, 4.69) is 33.0 Å². The van der Waals surface area contributed by atoms with E-state index in [-0.39, 0.29) is 76.6 Å². The van der Waals surface area contributed by atoms with Crippen LogP contribution < -0.4 is 46.3 Å². The zero-order valence-corrected chi connectivity index (χ0v) is 35.7. The maximum atomic E-state index is 12.0. The average Bonchev–Trinajstić information content (AvgIpc) is 3.30. The van der Waals surface area contributed by atoms with Gasteiger partial charge in [0.05, 0.1) is 17.0 Å². The Labute approximate surface area is 337 Å². The van der Waals surface area contributed by atoms with Gasteiger partial charge < -0.3 is 33.2 Å². The number of aliphatic hydroxyl groups excluding tert-OH is 1. The van der Waals surface area contributed by atoms with Gasteiger partial charge >= 0.3 is 41.6 Å². The van der Waals surface area contributed by atoms with E-state index in [0.29, 0.717) is 55.1 Å². The van der Waals surface area contributed by atoms with Crippen LogP contribution in [-0.4, -0.2) is 85.8 Å². The number of benzene rings is 1. The Hall–Kier alpha value is -1.96. The summed E-state index contributed by atoms with van der Waals surface area (Å²) < 4.78 is 5.04. The van der Waals surface area contributed by atoms with Crippen LogP contribution in [0.1, 0.15) is 138 Å². The summed E-state index contributed by atoms with van der Waals surface area (Å²) in [5.41, 5.74) is 11.3. The molecular weight excluding hydrogens is 658 g/mol. The van der Waals surface area contributed by atoms with Crippen molar-refractivity contribution in [1.29, 1.82) is 0 Å². The van der Waals surface area contributed by atoms with Gasteiger partial charge in [-0.3, -0.25) is 19.3 Å². The molecule has 1 aromatic carbocycles. The van der Waals surface area contributed by atoms with Crippen LogP contribution in [0.5, 0.6) is 0 Å². The number of aliphatic hydroxyl groups is 1. The molecule has 1 aliphatic rings. The van der Waals surface area contributed by atoms with Crippen LogP contribution in [0.15, 0.2) is 24.3 Å². The first-order valence-electron chi connectivity index (χ1n) is 17.5. The van der Waals surface area contributed by atoms with E-state index < -0.39 is 11.6 Å². The number of ether oxygens (including phenoxy) is 1. The largest absolute Gasteiger partial charge is 1.00 e. The van der Waals surface area contributed by atoms with Crippen LogP contribution in [0.2, 0.25) is 0 Å². The number of carboxylic acids is 1. The molecule has 0 spiro atoms. The molecule has 1 aliphatic heterocycles. The summed E-state index contributed by atoms with van der Waals surface area (Å²) >= 11 is 0. The van der Waals surface area contributed by atoms with Gasteiger partial charge in [-0.2, -0.15) is 0 Å². The predicted octanol–water partition coefficient (Wildman–Crippen LogP) is 3.94.